The summed E-state index contributed by atoms with van der Waals surface area (Å²) in [7, 11) is 0. The second-order valence-corrected chi connectivity index (χ2v) is 7.66. The molecule has 24 heavy (non-hydrogen) atoms. The van der Waals surface area contributed by atoms with Crippen molar-refractivity contribution in [3.63, 3.8) is 0 Å². The van der Waals surface area contributed by atoms with Crippen LogP contribution in [0.15, 0.2) is 17.5 Å². The molecule has 3 rings (SSSR count). The van der Waals surface area contributed by atoms with E-state index in [4.69, 9.17) is 4.74 Å². The normalized spacial score (nSPS) is 24.3. The molecule has 3 atom stereocenters. The lowest BCUT2D eigenvalue weighted by Gasteiger charge is -2.28. The van der Waals surface area contributed by atoms with Crippen molar-refractivity contribution in [3.05, 3.63) is 22.4 Å². The number of carbonyl (C=O) groups excluding carboxylic acids is 3. The van der Waals surface area contributed by atoms with Gasteiger partial charge in [-0.2, -0.15) is 0 Å². The number of carbonyl (C=O) groups is 3. The highest BCUT2D eigenvalue weighted by molar-refractivity contribution is 7.12. The molecule has 0 radical (unpaired) electrons. The Bertz CT molecular complexity index is 629. The summed E-state index contributed by atoms with van der Waals surface area (Å²) in [6.45, 7) is 4.60. The van der Waals surface area contributed by atoms with Gasteiger partial charge < -0.3 is 15.0 Å². The Kier molecular flexibility index (Phi) is 5.01. The topological polar surface area (TPSA) is 75.7 Å². The summed E-state index contributed by atoms with van der Waals surface area (Å²) in [4.78, 5) is 39.5. The molecular formula is C17H22N2O4S. The zero-order valence-corrected chi connectivity index (χ0v) is 14.7. The van der Waals surface area contributed by atoms with Gasteiger partial charge in [-0.15, -0.1) is 11.3 Å². The standard InChI is InChI=1S/C17H22N2O4S/c1-10(2)8-11(18-16(21)14-4-3-7-24-14)17(22)19-6-5-13-15(19)12(20)9-23-13/h3-4,7,10-11,13,15H,5-6,8-9H2,1-2H3,(H,18,21). The Morgan fingerprint density at radius 1 is 1.46 bits per heavy atom. The summed E-state index contributed by atoms with van der Waals surface area (Å²) in [5.41, 5.74) is 0. The van der Waals surface area contributed by atoms with Gasteiger partial charge in [-0.05, 0) is 30.2 Å². The van der Waals surface area contributed by atoms with Crippen LogP contribution in [-0.2, 0) is 14.3 Å². The molecule has 6 nitrogen and oxygen atoms in total. The maximum Gasteiger partial charge on any atom is 0.261 e. The monoisotopic (exact) mass is 350 g/mol. The number of thiophene rings is 1. The number of nitrogens with zero attached hydrogens (tertiary/aromatic N) is 1. The zero-order valence-electron chi connectivity index (χ0n) is 13.9. The first-order chi connectivity index (χ1) is 11.5. The van der Waals surface area contributed by atoms with Crippen LogP contribution in [0.25, 0.3) is 0 Å². The molecule has 7 heteroatoms. The van der Waals surface area contributed by atoms with Crippen LogP contribution in [0.3, 0.4) is 0 Å². The van der Waals surface area contributed by atoms with Crippen molar-refractivity contribution in [2.24, 2.45) is 5.92 Å². The molecule has 1 aromatic heterocycles. The van der Waals surface area contributed by atoms with Crippen molar-refractivity contribution in [3.8, 4) is 0 Å². The Hall–Kier alpha value is -1.73. The summed E-state index contributed by atoms with van der Waals surface area (Å²) in [6, 6.07) is 2.44. The van der Waals surface area contributed by atoms with Gasteiger partial charge in [-0.3, -0.25) is 14.4 Å². The summed E-state index contributed by atoms with van der Waals surface area (Å²) >= 11 is 1.34. The van der Waals surface area contributed by atoms with E-state index in [1.165, 1.54) is 11.3 Å². The van der Waals surface area contributed by atoms with Crippen LogP contribution in [0, 0.1) is 5.92 Å². The maximum absolute atomic E-state index is 13.0. The molecule has 0 saturated carbocycles. The fourth-order valence-corrected chi connectivity index (χ4v) is 4.00. The van der Waals surface area contributed by atoms with E-state index in [2.05, 4.69) is 5.32 Å². The van der Waals surface area contributed by atoms with Gasteiger partial charge in [-0.25, -0.2) is 0 Å². The van der Waals surface area contributed by atoms with Gasteiger partial charge in [0.05, 0.1) is 11.0 Å². The molecule has 1 N–H and O–H groups in total. The van der Waals surface area contributed by atoms with E-state index >= 15 is 0 Å². The van der Waals surface area contributed by atoms with Crippen molar-refractivity contribution in [2.75, 3.05) is 13.2 Å². The van der Waals surface area contributed by atoms with Crippen molar-refractivity contribution in [1.29, 1.82) is 0 Å². The predicted octanol–water partition coefficient (Wildman–Crippen LogP) is 1.46. The van der Waals surface area contributed by atoms with E-state index in [1.54, 1.807) is 17.0 Å². The Labute approximate surface area is 145 Å². The Morgan fingerprint density at radius 2 is 2.25 bits per heavy atom. The van der Waals surface area contributed by atoms with Crippen molar-refractivity contribution in [1.82, 2.24) is 10.2 Å². The van der Waals surface area contributed by atoms with Gasteiger partial charge in [0.15, 0.2) is 5.78 Å². The van der Waals surface area contributed by atoms with Crippen LogP contribution in [0.2, 0.25) is 0 Å². The van der Waals surface area contributed by atoms with Crippen molar-refractivity contribution < 1.29 is 19.1 Å². The molecule has 0 aliphatic carbocycles. The lowest BCUT2D eigenvalue weighted by atomic mass is 10.0. The summed E-state index contributed by atoms with van der Waals surface area (Å²) in [5, 5.41) is 4.68. The SMILES string of the molecule is CC(C)CC(NC(=O)c1cccs1)C(=O)N1CCC2OCC(=O)C21. The van der Waals surface area contributed by atoms with Crippen LogP contribution in [0.4, 0.5) is 0 Å². The number of amides is 2. The fourth-order valence-electron chi connectivity index (χ4n) is 3.37. The molecular weight excluding hydrogens is 328 g/mol. The number of hydrogen-bond donors (Lipinski definition) is 1. The molecule has 2 saturated heterocycles. The second kappa shape index (κ2) is 7.03. The second-order valence-electron chi connectivity index (χ2n) is 6.71. The largest absolute Gasteiger partial charge is 0.368 e. The van der Waals surface area contributed by atoms with Crippen molar-refractivity contribution in [2.45, 2.75) is 44.9 Å². The lowest BCUT2D eigenvalue weighted by molar-refractivity contribution is -0.138. The molecule has 3 heterocycles. The highest BCUT2D eigenvalue weighted by Gasteiger charge is 2.48. The predicted molar refractivity (Wildman–Crippen MR) is 89.9 cm³/mol. The first-order valence-corrected chi connectivity index (χ1v) is 9.14. The fraction of sp³-hybridized carbons (Fsp3) is 0.588. The van der Waals surface area contributed by atoms with E-state index in [9.17, 15) is 14.4 Å². The minimum atomic E-state index is -0.619. The molecule has 1 aromatic rings. The van der Waals surface area contributed by atoms with E-state index in [0.29, 0.717) is 24.3 Å². The van der Waals surface area contributed by atoms with E-state index < -0.39 is 12.1 Å². The Morgan fingerprint density at radius 3 is 2.92 bits per heavy atom. The third-order valence-electron chi connectivity index (χ3n) is 4.45. The summed E-state index contributed by atoms with van der Waals surface area (Å²) < 4.78 is 5.44. The number of fused-ring (bicyclic) bond motifs is 1. The number of nitrogens with one attached hydrogen (secondary N) is 1. The van der Waals surface area contributed by atoms with Crippen LogP contribution < -0.4 is 5.32 Å². The highest BCUT2D eigenvalue weighted by atomic mass is 32.1. The van der Waals surface area contributed by atoms with Crippen LogP contribution in [0.5, 0.6) is 0 Å². The first-order valence-electron chi connectivity index (χ1n) is 8.26. The number of rotatable bonds is 5. The number of hydrogen-bond acceptors (Lipinski definition) is 5. The maximum atomic E-state index is 13.0. The minimum absolute atomic E-state index is 0.0428. The molecule has 130 valence electrons. The van der Waals surface area contributed by atoms with E-state index in [1.807, 2.05) is 19.2 Å². The molecule has 2 amide bonds. The average molecular weight is 350 g/mol. The van der Waals surface area contributed by atoms with E-state index in [0.717, 1.165) is 0 Å². The van der Waals surface area contributed by atoms with Gasteiger partial charge in [-0.1, -0.05) is 19.9 Å². The molecule has 0 spiro atoms. The lowest BCUT2D eigenvalue weighted by Crippen LogP contribution is -2.52. The quantitative estimate of drug-likeness (QED) is 0.872. The van der Waals surface area contributed by atoms with E-state index in [-0.39, 0.29) is 36.2 Å². The number of ketones is 1. The van der Waals surface area contributed by atoms with Crippen LogP contribution >= 0.6 is 11.3 Å². The zero-order chi connectivity index (χ0) is 17.3. The average Bonchev–Trinajstić information content (AvgIpc) is 3.24. The molecule has 2 fully saturated rings. The molecule has 2 aliphatic heterocycles. The third kappa shape index (κ3) is 3.37. The summed E-state index contributed by atoms with van der Waals surface area (Å²) in [6.07, 6.45) is 1.03. The number of Topliss-reactive ketones (excluding diaryl/α,β-unsaturated/α-hetero) is 1. The van der Waals surface area contributed by atoms with Gasteiger partial charge in [0.1, 0.15) is 18.7 Å². The number of ether oxygens (including phenoxy) is 1. The van der Waals surface area contributed by atoms with Gasteiger partial charge in [0.2, 0.25) is 5.91 Å². The third-order valence-corrected chi connectivity index (χ3v) is 5.32. The Balaban J connectivity index is 1.74. The summed E-state index contributed by atoms with van der Waals surface area (Å²) in [5.74, 6) is -0.219. The first kappa shape index (κ1) is 17.1. The minimum Gasteiger partial charge on any atom is -0.368 e. The van der Waals surface area contributed by atoms with Gasteiger partial charge >= 0.3 is 0 Å². The molecule has 0 aromatic carbocycles. The van der Waals surface area contributed by atoms with Crippen molar-refractivity contribution >= 4 is 28.9 Å². The van der Waals surface area contributed by atoms with Gasteiger partial charge in [0.25, 0.3) is 5.91 Å². The molecule has 3 unspecified atom stereocenters. The highest BCUT2D eigenvalue weighted by Crippen LogP contribution is 2.28. The number of likely N-dealkylation sites (tertiary alicyclic amines) is 1. The molecule has 0 bridgehead atoms. The molecule has 2 aliphatic rings. The van der Waals surface area contributed by atoms with Crippen LogP contribution in [0.1, 0.15) is 36.4 Å². The van der Waals surface area contributed by atoms with Crippen LogP contribution in [-0.4, -0.2) is 53.8 Å². The smallest absolute Gasteiger partial charge is 0.261 e. The van der Waals surface area contributed by atoms with Gasteiger partial charge in [0, 0.05) is 6.54 Å².